The number of nitrogens with zero attached hydrogens (tertiary/aromatic N) is 4. The van der Waals surface area contributed by atoms with Crippen LogP contribution >= 0.6 is 22.7 Å². The number of thiophene rings is 1. The number of aromatic nitrogens is 1. The van der Waals surface area contributed by atoms with E-state index in [1.807, 2.05) is 4.90 Å². The molecule has 0 N–H and O–H groups in total. The van der Waals surface area contributed by atoms with Gasteiger partial charge in [-0.2, -0.15) is 4.31 Å². The van der Waals surface area contributed by atoms with Crippen LogP contribution in [-0.2, 0) is 21.2 Å². The molecule has 1 aromatic carbocycles. The summed E-state index contributed by atoms with van der Waals surface area (Å²) in [5, 5.41) is 2.75. The number of amides is 1. The van der Waals surface area contributed by atoms with Gasteiger partial charge >= 0.3 is 0 Å². The molecule has 2 saturated heterocycles. The number of para-hydroxylation sites is 1. The number of fused-ring (bicyclic) bond motifs is 1. The van der Waals surface area contributed by atoms with Gasteiger partial charge in [0.1, 0.15) is 10.3 Å². The Bertz CT molecular complexity index is 1210. The van der Waals surface area contributed by atoms with Crippen LogP contribution in [0.1, 0.15) is 25.3 Å². The summed E-state index contributed by atoms with van der Waals surface area (Å²) in [4.78, 5) is 22.2. The fourth-order valence-electron chi connectivity index (χ4n) is 4.54. The number of thiazole rings is 1. The lowest BCUT2D eigenvalue weighted by Crippen LogP contribution is -2.54. The van der Waals surface area contributed by atoms with Crippen LogP contribution in [0.25, 0.3) is 10.2 Å². The molecule has 10 heteroatoms. The molecule has 0 saturated carbocycles. The van der Waals surface area contributed by atoms with Crippen LogP contribution in [0.15, 0.2) is 39.9 Å². The zero-order chi connectivity index (χ0) is 22.3. The molecular weight excluding hydrogens is 464 g/mol. The molecule has 5 rings (SSSR count). The van der Waals surface area contributed by atoms with Crippen molar-refractivity contribution in [2.24, 2.45) is 0 Å². The van der Waals surface area contributed by atoms with E-state index in [4.69, 9.17) is 4.98 Å². The maximum absolute atomic E-state index is 13.3. The normalized spacial score (nSPS) is 20.3. The van der Waals surface area contributed by atoms with E-state index in [-0.39, 0.29) is 5.91 Å². The van der Waals surface area contributed by atoms with Crippen molar-refractivity contribution < 1.29 is 13.2 Å². The van der Waals surface area contributed by atoms with Gasteiger partial charge in [-0.25, -0.2) is 13.4 Å². The first-order valence-corrected chi connectivity index (χ1v) is 14.1. The minimum atomic E-state index is -3.62. The first kappa shape index (κ1) is 21.8. The second-order valence-electron chi connectivity index (χ2n) is 8.13. The molecule has 0 aliphatic carbocycles. The van der Waals surface area contributed by atoms with Gasteiger partial charge in [0.25, 0.3) is 10.0 Å². The molecule has 2 aliphatic heterocycles. The molecule has 2 aromatic heterocycles. The lowest BCUT2D eigenvalue weighted by atomic mass is 10.1. The number of benzene rings is 1. The van der Waals surface area contributed by atoms with Crippen molar-refractivity contribution in [3.05, 3.63) is 41.3 Å². The predicted molar refractivity (Wildman–Crippen MR) is 129 cm³/mol. The third-order valence-corrected chi connectivity index (χ3v) is 10.6. The fraction of sp³-hybridized carbons (Fsp3) is 0.455. The summed E-state index contributed by atoms with van der Waals surface area (Å²) in [5.41, 5.74) is 2.33. The second-order valence-corrected chi connectivity index (χ2v) is 12.2. The van der Waals surface area contributed by atoms with Gasteiger partial charge in [-0.05, 0) is 42.3 Å². The number of piperazine rings is 1. The number of hydrogen-bond donors (Lipinski definition) is 0. The number of anilines is 1. The summed E-state index contributed by atoms with van der Waals surface area (Å²) >= 11 is 2.90. The molecule has 0 radical (unpaired) electrons. The highest BCUT2D eigenvalue weighted by atomic mass is 32.2. The molecule has 1 amide bonds. The third-order valence-electron chi connectivity index (χ3n) is 6.28. The van der Waals surface area contributed by atoms with Crippen molar-refractivity contribution in [2.45, 2.75) is 36.4 Å². The summed E-state index contributed by atoms with van der Waals surface area (Å²) in [6.07, 6.45) is 2.25. The van der Waals surface area contributed by atoms with E-state index in [0.717, 1.165) is 17.1 Å². The van der Waals surface area contributed by atoms with Gasteiger partial charge in [-0.1, -0.05) is 36.5 Å². The van der Waals surface area contributed by atoms with E-state index < -0.39 is 16.1 Å². The molecule has 7 nitrogen and oxygen atoms in total. The molecule has 170 valence electrons. The third kappa shape index (κ3) is 3.83. The average Bonchev–Trinajstić information content (AvgIpc) is 3.58. The molecule has 4 heterocycles. The van der Waals surface area contributed by atoms with Crippen molar-refractivity contribution in [1.29, 1.82) is 0 Å². The average molecular weight is 491 g/mol. The number of carbonyl (C=O) groups excluding carboxylic acids is 1. The van der Waals surface area contributed by atoms with Crippen LogP contribution in [0.4, 0.5) is 5.13 Å². The molecule has 2 aliphatic rings. The van der Waals surface area contributed by atoms with Crippen LogP contribution in [-0.4, -0.2) is 67.3 Å². The van der Waals surface area contributed by atoms with Gasteiger partial charge in [-0.15, -0.1) is 11.3 Å². The Morgan fingerprint density at radius 1 is 1.12 bits per heavy atom. The number of sulfonamides is 1. The van der Waals surface area contributed by atoms with Gasteiger partial charge in [0.15, 0.2) is 5.13 Å². The minimum Gasteiger partial charge on any atom is -0.345 e. The number of hydrogen-bond acceptors (Lipinski definition) is 7. The highest BCUT2D eigenvalue weighted by molar-refractivity contribution is 7.91. The monoisotopic (exact) mass is 490 g/mol. The standard InChI is InChI=1S/C22H26N4O3S3/c1-2-16-6-3-8-18-20(16)23-22(31-18)25-13-11-24(12-14-25)21(27)17-7-4-10-26(17)32(28,29)19-9-5-15-30-19/h3,5-6,8-9,15,17H,2,4,7,10-14H2,1H3/t17-/m1/s1. The van der Waals surface area contributed by atoms with Crippen molar-refractivity contribution >= 4 is 54.0 Å². The minimum absolute atomic E-state index is 0.0696. The molecule has 0 bridgehead atoms. The zero-order valence-corrected chi connectivity index (χ0v) is 20.4. The summed E-state index contributed by atoms with van der Waals surface area (Å²) in [6.45, 7) is 5.12. The predicted octanol–water partition coefficient (Wildman–Crippen LogP) is 3.42. The van der Waals surface area contributed by atoms with E-state index >= 15 is 0 Å². The van der Waals surface area contributed by atoms with Crippen LogP contribution in [0, 0.1) is 0 Å². The summed E-state index contributed by atoms with van der Waals surface area (Å²) < 4.78 is 28.9. The maximum Gasteiger partial charge on any atom is 0.253 e. The SMILES string of the molecule is CCc1cccc2sc(N3CCN(C(=O)[C@H]4CCCN4S(=O)(=O)c4cccs4)CC3)nc12. The van der Waals surface area contributed by atoms with Crippen molar-refractivity contribution in [2.75, 3.05) is 37.6 Å². The number of aryl methyl sites for hydroxylation is 1. The Morgan fingerprint density at radius 2 is 1.94 bits per heavy atom. The van der Waals surface area contributed by atoms with E-state index in [1.54, 1.807) is 28.8 Å². The molecule has 3 aromatic rings. The van der Waals surface area contributed by atoms with Crippen LogP contribution in [0.3, 0.4) is 0 Å². The molecule has 1 atom stereocenters. The van der Waals surface area contributed by atoms with E-state index in [0.29, 0.717) is 49.8 Å². The molecule has 0 unspecified atom stereocenters. The Hall–Kier alpha value is -2.01. The van der Waals surface area contributed by atoms with E-state index in [1.165, 1.54) is 25.9 Å². The highest BCUT2D eigenvalue weighted by Gasteiger charge is 2.42. The Balaban J connectivity index is 1.27. The van der Waals surface area contributed by atoms with Crippen LogP contribution in [0.2, 0.25) is 0 Å². The first-order valence-electron chi connectivity index (χ1n) is 11.0. The number of carbonyl (C=O) groups is 1. The van der Waals surface area contributed by atoms with E-state index in [2.05, 4.69) is 30.0 Å². The summed E-state index contributed by atoms with van der Waals surface area (Å²) in [6, 6.07) is 9.06. The van der Waals surface area contributed by atoms with Gasteiger partial charge in [0.2, 0.25) is 5.91 Å². The second kappa shape index (κ2) is 8.74. The lowest BCUT2D eigenvalue weighted by molar-refractivity contribution is -0.134. The first-order chi connectivity index (χ1) is 15.5. The zero-order valence-electron chi connectivity index (χ0n) is 17.9. The largest absolute Gasteiger partial charge is 0.345 e. The van der Waals surface area contributed by atoms with Gasteiger partial charge < -0.3 is 9.80 Å². The molecule has 2 fully saturated rings. The number of rotatable bonds is 5. The quantitative estimate of drug-likeness (QED) is 0.548. The molecule has 0 spiro atoms. The Kier molecular flexibility index (Phi) is 5.96. The maximum atomic E-state index is 13.3. The summed E-state index contributed by atoms with van der Waals surface area (Å²) in [7, 11) is -3.62. The van der Waals surface area contributed by atoms with Gasteiger partial charge in [0.05, 0.1) is 10.2 Å². The topological polar surface area (TPSA) is 73.8 Å². The Labute approximate surface area is 196 Å². The van der Waals surface area contributed by atoms with Crippen molar-refractivity contribution in [1.82, 2.24) is 14.2 Å². The fourth-order valence-corrected chi connectivity index (χ4v) is 8.38. The lowest BCUT2D eigenvalue weighted by Gasteiger charge is -2.37. The van der Waals surface area contributed by atoms with E-state index in [9.17, 15) is 13.2 Å². The molecular formula is C22H26N4O3S3. The summed E-state index contributed by atoms with van der Waals surface area (Å²) in [5.74, 6) is -0.0696. The van der Waals surface area contributed by atoms with Crippen LogP contribution < -0.4 is 4.90 Å². The van der Waals surface area contributed by atoms with Gasteiger partial charge in [0, 0.05) is 32.7 Å². The molecule has 32 heavy (non-hydrogen) atoms. The van der Waals surface area contributed by atoms with Gasteiger partial charge in [-0.3, -0.25) is 4.79 Å². The van der Waals surface area contributed by atoms with Crippen molar-refractivity contribution in [3.63, 3.8) is 0 Å². The Morgan fingerprint density at radius 3 is 2.66 bits per heavy atom. The van der Waals surface area contributed by atoms with Crippen molar-refractivity contribution in [3.8, 4) is 0 Å². The smallest absolute Gasteiger partial charge is 0.253 e. The van der Waals surface area contributed by atoms with Crippen LogP contribution in [0.5, 0.6) is 0 Å². The highest BCUT2D eigenvalue weighted by Crippen LogP contribution is 2.33.